The van der Waals surface area contributed by atoms with E-state index in [0.29, 0.717) is 12.2 Å². The van der Waals surface area contributed by atoms with Gasteiger partial charge in [-0.05, 0) is 70.0 Å². The normalized spacial score (nSPS) is 12.4. The fourth-order valence-electron chi connectivity index (χ4n) is 4.32. The summed E-state index contributed by atoms with van der Waals surface area (Å²) >= 11 is 6.37. The van der Waals surface area contributed by atoms with Gasteiger partial charge in [0.05, 0.1) is 22.7 Å². The maximum Gasteiger partial charge on any atom is 0.264 e. The number of hydrogen-bond donors (Lipinski definition) is 1. The Morgan fingerprint density at radius 2 is 1.63 bits per heavy atom. The van der Waals surface area contributed by atoms with Crippen molar-refractivity contribution in [3.05, 3.63) is 88.9 Å². The average molecular weight is 600 g/mol. The van der Waals surface area contributed by atoms with E-state index in [1.807, 2.05) is 58.9 Å². The summed E-state index contributed by atoms with van der Waals surface area (Å²) in [5.41, 5.74) is 1.54. The highest BCUT2D eigenvalue weighted by molar-refractivity contribution is 7.92. The molecule has 0 saturated heterocycles. The molecule has 2 amide bonds. The third-order valence-corrected chi connectivity index (χ3v) is 8.47. The molecule has 0 fully saturated rings. The van der Waals surface area contributed by atoms with Crippen molar-refractivity contribution in [1.29, 1.82) is 0 Å². The molecular formula is C31H38ClN3O5S. The minimum atomic E-state index is -4.19. The molecule has 0 spiro atoms. The predicted molar refractivity (Wildman–Crippen MR) is 163 cm³/mol. The van der Waals surface area contributed by atoms with E-state index in [-0.39, 0.29) is 28.1 Å². The summed E-state index contributed by atoms with van der Waals surface area (Å²) in [4.78, 5) is 29.0. The third kappa shape index (κ3) is 8.24. The van der Waals surface area contributed by atoms with Gasteiger partial charge in [-0.2, -0.15) is 0 Å². The van der Waals surface area contributed by atoms with Gasteiger partial charge in [0.2, 0.25) is 11.8 Å². The molecule has 3 rings (SSSR count). The Bertz CT molecular complexity index is 1460. The number of anilines is 1. The quantitative estimate of drug-likeness (QED) is 0.311. The number of amides is 2. The summed E-state index contributed by atoms with van der Waals surface area (Å²) in [6, 6.07) is 19.2. The van der Waals surface area contributed by atoms with Crippen LogP contribution < -0.4 is 14.4 Å². The van der Waals surface area contributed by atoms with Crippen molar-refractivity contribution >= 4 is 39.1 Å². The number of carbonyl (C=O) groups excluding carboxylic acids is 2. The first kappa shape index (κ1) is 32.0. The molecule has 0 heterocycles. The van der Waals surface area contributed by atoms with Gasteiger partial charge in [-0.1, -0.05) is 66.6 Å². The van der Waals surface area contributed by atoms with E-state index in [2.05, 4.69) is 5.32 Å². The molecule has 10 heteroatoms. The van der Waals surface area contributed by atoms with Crippen molar-refractivity contribution < 1.29 is 22.7 Å². The smallest absolute Gasteiger partial charge is 0.264 e. The molecule has 220 valence electrons. The number of sulfonamides is 1. The van der Waals surface area contributed by atoms with Crippen LogP contribution in [0.3, 0.4) is 0 Å². The lowest BCUT2D eigenvalue weighted by Gasteiger charge is -2.34. The number of ether oxygens (including phenoxy) is 1. The van der Waals surface area contributed by atoms with Crippen molar-refractivity contribution in [3.8, 4) is 5.75 Å². The van der Waals surface area contributed by atoms with E-state index >= 15 is 0 Å². The Kier molecular flexibility index (Phi) is 10.4. The van der Waals surface area contributed by atoms with Gasteiger partial charge in [-0.15, -0.1) is 0 Å². The molecule has 0 aliphatic rings. The van der Waals surface area contributed by atoms with Crippen LogP contribution in [0.5, 0.6) is 5.75 Å². The topological polar surface area (TPSA) is 96.0 Å². The number of halogens is 1. The second kappa shape index (κ2) is 13.4. The first-order valence-corrected chi connectivity index (χ1v) is 15.2. The highest BCUT2D eigenvalue weighted by atomic mass is 35.5. The van der Waals surface area contributed by atoms with E-state index in [4.69, 9.17) is 16.3 Å². The van der Waals surface area contributed by atoms with Gasteiger partial charge in [-0.3, -0.25) is 13.9 Å². The molecule has 41 heavy (non-hydrogen) atoms. The molecule has 8 nitrogen and oxygen atoms in total. The fourth-order valence-corrected chi connectivity index (χ4v) is 6.00. The van der Waals surface area contributed by atoms with Gasteiger partial charge in [0.15, 0.2) is 0 Å². The van der Waals surface area contributed by atoms with Crippen LogP contribution in [0.2, 0.25) is 5.02 Å². The summed E-state index contributed by atoms with van der Waals surface area (Å²) in [5.74, 6) is -0.483. The van der Waals surface area contributed by atoms with Gasteiger partial charge in [-0.25, -0.2) is 8.42 Å². The van der Waals surface area contributed by atoms with Crippen LogP contribution >= 0.6 is 11.6 Å². The zero-order chi connectivity index (χ0) is 30.4. The van der Waals surface area contributed by atoms with Crippen LogP contribution in [0.25, 0.3) is 0 Å². The van der Waals surface area contributed by atoms with Gasteiger partial charge >= 0.3 is 0 Å². The Morgan fingerprint density at radius 1 is 1.00 bits per heavy atom. The summed E-state index contributed by atoms with van der Waals surface area (Å²) in [6.45, 7) is 8.96. The number of nitrogens with zero attached hydrogens (tertiary/aromatic N) is 2. The second-order valence-electron chi connectivity index (χ2n) is 10.8. The highest BCUT2D eigenvalue weighted by Gasteiger charge is 2.34. The number of hydrogen-bond acceptors (Lipinski definition) is 5. The minimum absolute atomic E-state index is 0.0161. The van der Waals surface area contributed by atoms with Gasteiger partial charge in [0, 0.05) is 12.1 Å². The molecule has 0 bridgehead atoms. The zero-order valence-electron chi connectivity index (χ0n) is 24.3. The third-order valence-electron chi connectivity index (χ3n) is 6.39. The van der Waals surface area contributed by atoms with Crippen LogP contribution in [-0.4, -0.2) is 50.4 Å². The molecule has 0 unspecified atom stereocenters. The van der Waals surface area contributed by atoms with E-state index in [9.17, 15) is 18.0 Å². The number of methoxy groups -OCH3 is 1. The standard InChI is InChI=1S/C31H38ClN3O5S/c1-7-27(30(37)33-31(3,4)5)34(20-23-15-13-22(2)14-16-23)29(36)21-35(24-17-18-28(40-6)26(32)19-24)41(38,39)25-11-9-8-10-12-25/h8-19,27H,7,20-21H2,1-6H3,(H,33,37)/t27-/m1/s1. The Morgan fingerprint density at radius 3 is 2.17 bits per heavy atom. The lowest BCUT2D eigenvalue weighted by atomic mass is 10.1. The molecule has 0 aromatic heterocycles. The molecule has 0 saturated carbocycles. The number of carbonyl (C=O) groups is 2. The van der Waals surface area contributed by atoms with Crippen molar-refractivity contribution in [2.45, 2.75) is 64.1 Å². The summed E-state index contributed by atoms with van der Waals surface area (Å²) in [5, 5.41) is 3.16. The van der Waals surface area contributed by atoms with Crippen LogP contribution in [0.1, 0.15) is 45.2 Å². The molecule has 0 aliphatic heterocycles. The van der Waals surface area contributed by atoms with Gasteiger partial charge in [0.1, 0.15) is 18.3 Å². The van der Waals surface area contributed by atoms with Crippen LogP contribution in [0.15, 0.2) is 77.7 Å². The van der Waals surface area contributed by atoms with Crippen LogP contribution in [-0.2, 0) is 26.2 Å². The molecule has 3 aromatic carbocycles. The molecule has 0 radical (unpaired) electrons. The second-order valence-corrected chi connectivity index (χ2v) is 13.1. The van der Waals surface area contributed by atoms with Crippen molar-refractivity contribution in [3.63, 3.8) is 0 Å². The SMILES string of the molecule is CC[C@H](C(=O)NC(C)(C)C)N(Cc1ccc(C)cc1)C(=O)CN(c1ccc(OC)c(Cl)c1)S(=O)(=O)c1ccccc1. The summed E-state index contributed by atoms with van der Waals surface area (Å²) < 4.78 is 34.1. The van der Waals surface area contributed by atoms with E-state index in [1.54, 1.807) is 24.3 Å². The van der Waals surface area contributed by atoms with Crippen molar-refractivity contribution in [2.24, 2.45) is 0 Å². The minimum Gasteiger partial charge on any atom is -0.495 e. The first-order chi connectivity index (χ1) is 19.3. The maximum absolute atomic E-state index is 14.1. The zero-order valence-corrected chi connectivity index (χ0v) is 25.9. The fraction of sp³-hybridized carbons (Fsp3) is 0.355. The summed E-state index contributed by atoms with van der Waals surface area (Å²) in [6.07, 6.45) is 0.333. The number of nitrogens with one attached hydrogen (secondary N) is 1. The van der Waals surface area contributed by atoms with E-state index < -0.39 is 34.1 Å². The lowest BCUT2D eigenvalue weighted by molar-refractivity contribution is -0.141. The molecule has 1 N–H and O–H groups in total. The number of benzene rings is 3. The Balaban J connectivity index is 2.09. The summed E-state index contributed by atoms with van der Waals surface area (Å²) in [7, 11) is -2.74. The van der Waals surface area contributed by atoms with Crippen molar-refractivity contribution in [2.75, 3.05) is 18.0 Å². The first-order valence-electron chi connectivity index (χ1n) is 13.3. The largest absolute Gasteiger partial charge is 0.495 e. The lowest BCUT2D eigenvalue weighted by Crippen LogP contribution is -2.55. The predicted octanol–water partition coefficient (Wildman–Crippen LogP) is 5.57. The maximum atomic E-state index is 14.1. The number of rotatable bonds is 11. The molecular weight excluding hydrogens is 562 g/mol. The van der Waals surface area contributed by atoms with Crippen LogP contribution in [0, 0.1) is 6.92 Å². The molecule has 3 aromatic rings. The monoisotopic (exact) mass is 599 g/mol. The average Bonchev–Trinajstić information content (AvgIpc) is 2.92. The van der Waals surface area contributed by atoms with Crippen LogP contribution in [0.4, 0.5) is 5.69 Å². The Hall–Kier alpha value is -3.56. The van der Waals surface area contributed by atoms with E-state index in [1.165, 1.54) is 36.3 Å². The molecule has 0 aliphatic carbocycles. The molecule has 1 atom stereocenters. The highest BCUT2D eigenvalue weighted by Crippen LogP contribution is 2.32. The number of aryl methyl sites for hydroxylation is 1. The van der Waals surface area contributed by atoms with E-state index in [0.717, 1.165) is 15.4 Å². The van der Waals surface area contributed by atoms with Crippen molar-refractivity contribution in [1.82, 2.24) is 10.2 Å². The Labute approximate surface area is 248 Å². The van der Waals surface area contributed by atoms with Gasteiger partial charge < -0.3 is 15.0 Å². The van der Waals surface area contributed by atoms with Gasteiger partial charge in [0.25, 0.3) is 10.0 Å².